The molecule has 1 aromatic rings. The van der Waals surface area contributed by atoms with Crippen molar-refractivity contribution in [2.24, 2.45) is 12.8 Å². The number of likely N-dealkylation sites (tertiary alicyclic amines) is 1. The van der Waals surface area contributed by atoms with Gasteiger partial charge in [0.15, 0.2) is 0 Å². The molecule has 0 saturated carbocycles. The minimum Gasteiger partial charge on any atom is -0.368 e. The Morgan fingerprint density at radius 1 is 1.45 bits per heavy atom. The minimum atomic E-state index is -0.303. The maximum absolute atomic E-state index is 12.0. The van der Waals surface area contributed by atoms with E-state index in [0.717, 1.165) is 25.9 Å². The fraction of sp³-hybridized carbons (Fsp3) is 0.615. The topological polar surface area (TPSA) is 93.2 Å². The molecular formula is C13H21N5O2. The van der Waals surface area contributed by atoms with Gasteiger partial charge in [-0.1, -0.05) is 0 Å². The van der Waals surface area contributed by atoms with Crippen molar-refractivity contribution in [3.8, 4) is 0 Å². The number of nitrogens with two attached hydrogens (primary N) is 1. The van der Waals surface area contributed by atoms with Crippen molar-refractivity contribution in [3.63, 3.8) is 0 Å². The van der Waals surface area contributed by atoms with Crippen LogP contribution in [0.15, 0.2) is 12.4 Å². The molecule has 0 bridgehead atoms. The number of nitrogens with zero attached hydrogens (tertiary/aromatic N) is 3. The van der Waals surface area contributed by atoms with E-state index >= 15 is 0 Å². The first kappa shape index (κ1) is 14.5. The van der Waals surface area contributed by atoms with Crippen LogP contribution in [0.4, 0.5) is 0 Å². The number of hydrogen-bond donors (Lipinski definition) is 2. The number of piperidine rings is 1. The lowest BCUT2D eigenvalue weighted by molar-refractivity contribution is -0.123. The Balaban J connectivity index is 1.82. The average molecular weight is 279 g/mol. The SMILES string of the molecule is C[C@@H](C(N)=O)N1CCC(NC(=O)c2cnn(C)c2)CC1. The summed E-state index contributed by atoms with van der Waals surface area (Å²) in [5.74, 6) is -0.401. The Morgan fingerprint density at radius 3 is 2.60 bits per heavy atom. The quantitative estimate of drug-likeness (QED) is 0.776. The van der Waals surface area contributed by atoms with E-state index in [1.54, 1.807) is 24.1 Å². The van der Waals surface area contributed by atoms with Gasteiger partial charge in [-0.25, -0.2) is 0 Å². The molecular weight excluding hydrogens is 258 g/mol. The van der Waals surface area contributed by atoms with Crippen LogP contribution in [0.3, 0.4) is 0 Å². The van der Waals surface area contributed by atoms with Crippen LogP contribution in [0.5, 0.6) is 0 Å². The lowest BCUT2D eigenvalue weighted by Crippen LogP contribution is -2.50. The van der Waals surface area contributed by atoms with Crippen molar-refractivity contribution in [3.05, 3.63) is 18.0 Å². The molecule has 1 aromatic heterocycles. The molecule has 1 aliphatic rings. The summed E-state index contributed by atoms with van der Waals surface area (Å²) < 4.78 is 1.60. The van der Waals surface area contributed by atoms with Gasteiger partial charge in [0.05, 0.1) is 17.8 Å². The highest BCUT2D eigenvalue weighted by Gasteiger charge is 2.26. The number of aryl methyl sites for hydroxylation is 1. The second kappa shape index (κ2) is 6.04. The molecule has 2 heterocycles. The molecule has 3 N–H and O–H groups in total. The van der Waals surface area contributed by atoms with Crippen LogP contribution in [0.1, 0.15) is 30.1 Å². The van der Waals surface area contributed by atoms with Crippen molar-refractivity contribution in [1.29, 1.82) is 0 Å². The summed E-state index contributed by atoms with van der Waals surface area (Å²) in [5, 5.41) is 6.98. The standard InChI is InChI=1S/C13H21N5O2/c1-9(12(14)19)18-5-3-11(4-6-18)16-13(20)10-7-15-17(2)8-10/h7-9,11H,3-6H2,1-2H3,(H2,14,19)(H,16,20)/t9-/m0/s1. The molecule has 1 saturated heterocycles. The molecule has 1 aliphatic heterocycles. The molecule has 0 radical (unpaired) electrons. The highest BCUT2D eigenvalue weighted by molar-refractivity contribution is 5.93. The van der Waals surface area contributed by atoms with Gasteiger partial charge < -0.3 is 11.1 Å². The second-order valence-corrected chi connectivity index (χ2v) is 5.26. The van der Waals surface area contributed by atoms with Gasteiger partial charge in [-0.15, -0.1) is 0 Å². The van der Waals surface area contributed by atoms with Crippen LogP contribution >= 0.6 is 0 Å². The van der Waals surface area contributed by atoms with Gasteiger partial charge in [-0.2, -0.15) is 5.10 Å². The van der Waals surface area contributed by atoms with Crippen molar-refractivity contribution < 1.29 is 9.59 Å². The van der Waals surface area contributed by atoms with E-state index in [0.29, 0.717) is 5.56 Å². The van der Waals surface area contributed by atoms with Gasteiger partial charge in [0, 0.05) is 32.4 Å². The number of hydrogen-bond acceptors (Lipinski definition) is 4. The predicted molar refractivity (Wildman–Crippen MR) is 73.9 cm³/mol. The summed E-state index contributed by atoms with van der Waals surface area (Å²) in [6.45, 7) is 3.35. The third kappa shape index (κ3) is 3.36. The minimum absolute atomic E-state index is 0.0977. The fourth-order valence-electron chi connectivity index (χ4n) is 2.42. The van der Waals surface area contributed by atoms with E-state index in [2.05, 4.69) is 15.3 Å². The highest BCUT2D eigenvalue weighted by Crippen LogP contribution is 2.13. The smallest absolute Gasteiger partial charge is 0.254 e. The maximum Gasteiger partial charge on any atom is 0.254 e. The van der Waals surface area contributed by atoms with E-state index in [9.17, 15) is 9.59 Å². The van der Waals surface area contributed by atoms with E-state index in [-0.39, 0.29) is 23.9 Å². The van der Waals surface area contributed by atoms with Gasteiger partial charge in [0.2, 0.25) is 5.91 Å². The first-order chi connectivity index (χ1) is 9.47. The van der Waals surface area contributed by atoms with Crippen molar-refractivity contribution in [2.75, 3.05) is 13.1 Å². The largest absolute Gasteiger partial charge is 0.368 e. The zero-order valence-electron chi connectivity index (χ0n) is 11.9. The zero-order chi connectivity index (χ0) is 14.7. The molecule has 20 heavy (non-hydrogen) atoms. The molecule has 1 atom stereocenters. The first-order valence-electron chi connectivity index (χ1n) is 6.80. The number of rotatable bonds is 4. The monoisotopic (exact) mass is 279 g/mol. The van der Waals surface area contributed by atoms with Gasteiger partial charge in [-0.3, -0.25) is 19.2 Å². The number of carbonyl (C=O) groups is 2. The van der Waals surface area contributed by atoms with Crippen molar-refractivity contribution in [2.45, 2.75) is 31.8 Å². The summed E-state index contributed by atoms with van der Waals surface area (Å²) in [7, 11) is 1.78. The van der Waals surface area contributed by atoms with Crippen molar-refractivity contribution in [1.82, 2.24) is 20.0 Å². The van der Waals surface area contributed by atoms with Crippen LogP contribution in [-0.4, -0.2) is 51.7 Å². The van der Waals surface area contributed by atoms with E-state index in [1.165, 1.54) is 0 Å². The summed E-state index contributed by atoms with van der Waals surface area (Å²) >= 11 is 0. The summed E-state index contributed by atoms with van der Waals surface area (Å²) in [6, 6.07) is -0.107. The number of primary amides is 1. The van der Waals surface area contributed by atoms with Crippen LogP contribution in [-0.2, 0) is 11.8 Å². The number of aromatic nitrogens is 2. The normalized spacial score (nSPS) is 18.7. The van der Waals surface area contributed by atoms with E-state index < -0.39 is 0 Å². The van der Waals surface area contributed by atoms with Gasteiger partial charge >= 0.3 is 0 Å². The van der Waals surface area contributed by atoms with Gasteiger partial charge in [0.1, 0.15) is 0 Å². The molecule has 2 amide bonds. The van der Waals surface area contributed by atoms with Crippen LogP contribution in [0.2, 0.25) is 0 Å². The summed E-state index contributed by atoms with van der Waals surface area (Å²) in [5.41, 5.74) is 5.87. The van der Waals surface area contributed by atoms with Crippen LogP contribution in [0, 0.1) is 0 Å². The Morgan fingerprint density at radius 2 is 2.10 bits per heavy atom. The third-order valence-corrected chi connectivity index (χ3v) is 3.79. The molecule has 0 aliphatic carbocycles. The second-order valence-electron chi connectivity index (χ2n) is 5.26. The number of nitrogens with one attached hydrogen (secondary N) is 1. The highest BCUT2D eigenvalue weighted by atomic mass is 16.2. The van der Waals surface area contributed by atoms with E-state index in [4.69, 9.17) is 5.73 Å². The average Bonchev–Trinajstić information content (AvgIpc) is 2.85. The zero-order valence-corrected chi connectivity index (χ0v) is 11.9. The Hall–Kier alpha value is -1.89. The van der Waals surface area contributed by atoms with Crippen molar-refractivity contribution >= 4 is 11.8 Å². The molecule has 2 rings (SSSR count). The molecule has 0 aromatic carbocycles. The molecule has 0 unspecified atom stereocenters. The Kier molecular flexibility index (Phi) is 4.39. The van der Waals surface area contributed by atoms with Gasteiger partial charge in [-0.05, 0) is 19.8 Å². The van der Waals surface area contributed by atoms with Crippen LogP contribution in [0.25, 0.3) is 0 Å². The Bertz CT molecular complexity index is 491. The number of carbonyl (C=O) groups excluding carboxylic acids is 2. The third-order valence-electron chi connectivity index (χ3n) is 3.79. The lowest BCUT2D eigenvalue weighted by atomic mass is 10.0. The molecule has 0 spiro atoms. The summed E-state index contributed by atoms with van der Waals surface area (Å²) in [6.07, 6.45) is 4.90. The van der Waals surface area contributed by atoms with Gasteiger partial charge in [0.25, 0.3) is 5.91 Å². The first-order valence-corrected chi connectivity index (χ1v) is 6.80. The number of amides is 2. The predicted octanol–water partition coefficient (Wildman–Crippen LogP) is -0.512. The summed E-state index contributed by atoms with van der Waals surface area (Å²) in [4.78, 5) is 25.2. The van der Waals surface area contributed by atoms with E-state index in [1.807, 2.05) is 6.92 Å². The maximum atomic E-state index is 12.0. The molecule has 110 valence electrons. The lowest BCUT2D eigenvalue weighted by Gasteiger charge is -2.34. The molecule has 7 heteroatoms. The molecule has 1 fully saturated rings. The van der Waals surface area contributed by atoms with Crippen LogP contribution < -0.4 is 11.1 Å². The Labute approximate surface area is 118 Å². The fourth-order valence-corrected chi connectivity index (χ4v) is 2.42. The molecule has 7 nitrogen and oxygen atoms in total.